The number of fused-ring (bicyclic) bond motifs is 5. The first-order valence-corrected chi connectivity index (χ1v) is 16.4. The van der Waals surface area contributed by atoms with E-state index in [1.54, 1.807) is 0 Å². The molecule has 4 rings (SSSR count). The minimum absolute atomic E-state index is 0.0139. The van der Waals surface area contributed by atoms with Crippen LogP contribution in [-0.2, 0) is 19.7 Å². The van der Waals surface area contributed by atoms with E-state index in [0.717, 1.165) is 38.5 Å². The van der Waals surface area contributed by atoms with Crippen molar-refractivity contribution in [3.8, 4) is 0 Å². The average Bonchev–Trinajstić information content (AvgIpc) is 3.21. The second kappa shape index (κ2) is 11.5. The smallest absolute Gasteiger partial charge is 0.266 e. The molecule has 10 nitrogen and oxygen atoms in total. The third-order valence-electron chi connectivity index (χ3n) is 11.6. The monoisotopic (exact) mass is 571 g/mol. The molecule has 0 aliphatic heterocycles. The van der Waals surface area contributed by atoms with Crippen LogP contribution in [0.15, 0.2) is 0 Å². The number of nitrogens with one attached hydrogen (secondary N) is 2. The molecule has 0 aromatic carbocycles. The summed E-state index contributed by atoms with van der Waals surface area (Å²) in [4.78, 5) is 24.2. The Bertz CT molecular complexity index is 1020. The molecule has 4 fully saturated rings. The molecule has 0 spiro atoms. The number of aliphatic hydroxyl groups excluding tert-OH is 2. The van der Waals surface area contributed by atoms with Gasteiger partial charge in [-0.1, -0.05) is 20.8 Å². The molecule has 0 aromatic rings. The van der Waals surface area contributed by atoms with Crippen LogP contribution in [-0.4, -0.2) is 72.1 Å². The molecular formula is C28H49N3O7S. The molecule has 224 valence electrons. The van der Waals surface area contributed by atoms with Crippen molar-refractivity contribution < 1.29 is 32.8 Å². The van der Waals surface area contributed by atoms with Crippen molar-refractivity contribution in [1.29, 1.82) is 0 Å². The quantitative estimate of drug-likeness (QED) is 0.225. The van der Waals surface area contributed by atoms with Gasteiger partial charge in [0, 0.05) is 19.0 Å². The van der Waals surface area contributed by atoms with E-state index in [0.29, 0.717) is 12.8 Å². The van der Waals surface area contributed by atoms with Crippen LogP contribution in [0.1, 0.15) is 78.6 Å². The number of amides is 2. The number of hydrogen-bond acceptors (Lipinski definition) is 7. The van der Waals surface area contributed by atoms with E-state index in [4.69, 9.17) is 10.3 Å². The molecule has 11 atom stereocenters. The van der Waals surface area contributed by atoms with Crippen LogP contribution >= 0.6 is 0 Å². The van der Waals surface area contributed by atoms with E-state index in [1.165, 1.54) is 0 Å². The Morgan fingerprint density at radius 1 is 1.05 bits per heavy atom. The van der Waals surface area contributed by atoms with Gasteiger partial charge in [-0.15, -0.1) is 0 Å². The van der Waals surface area contributed by atoms with Gasteiger partial charge in [0.25, 0.3) is 10.1 Å². The standard InChI is InChI=1S/C28H49N3O7S/c1-16(4-7-24(34)30-10-11-39(36,37)38)19-5-6-20-26-21(14-23(33)28(19,20)3)27(2)9-8-18(31-25(35)15-29)12-17(27)13-22(26)32/h16-23,26,32-33H,4-15,29H2,1-3H3,(H,30,34)(H,31,35)(H,36,37,38)/t16-,17+,18+,19-,20?,21?,22?,23+,26?,27+,28-/m1/s1. The highest BCUT2D eigenvalue weighted by atomic mass is 32.2. The zero-order valence-corrected chi connectivity index (χ0v) is 24.5. The summed E-state index contributed by atoms with van der Waals surface area (Å²) >= 11 is 0. The predicted molar refractivity (Wildman–Crippen MR) is 147 cm³/mol. The van der Waals surface area contributed by atoms with Crippen LogP contribution in [0.4, 0.5) is 0 Å². The summed E-state index contributed by atoms with van der Waals surface area (Å²) in [6.07, 6.45) is 5.96. The number of nitrogens with two attached hydrogens (primary N) is 1. The zero-order valence-electron chi connectivity index (χ0n) is 23.6. The van der Waals surface area contributed by atoms with Crippen molar-refractivity contribution in [3.63, 3.8) is 0 Å². The lowest BCUT2D eigenvalue weighted by Crippen LogP contribution is -2.63. The van der Waals surface area contributed by atoms with E-state index >= 15 is 0 Å². The minimum Gasteiger partial charge on any atom is -0.393 e. The van der Waals surface area contributed by atoms with Crippen LogP contribution in [0.25, 0.3) is 0 Å². The largest absolute Gasteiger partial charge is 0.393 e. The van der Waals surface area contributed by atoms with E-state index in [1.807, 2.05) is 0 Å². The number of aliphatic hydroxyl groups is 2. The third kappa shape index (κ3) is 6.03. The molecule has 39 heavy (non-hydrogen) atoms. The number of hydrogen-bond donors (Lipinski definition) is 6. The Morgan fingerprint density at radius 2 is 1.77 bits per heavy atom. The van der Waals surface area contributed by atoms with Crippen molar-refractivity contribution >= 4 is 21.9 Å². The first kappa shape index (κ1) is 30.7. The summed E-state index contributed by atoms with van der Waals surface area (Å²) in [6.45, 7) is 6.53. The highest BCUT2D eigenvalue weighted by Crippen LogP contribution is 2.68. The number of carbonyl (C=O) groups is 2. The van der Waals surface area contributed by atoms with Crippen LogP contribution in [0.5, 0.6) is 0 Å². The second-order valence-corrected chi connectivity index (χ2v) is 15.1. The van der Waals surface area contributed by atoms with Gasteiger partial charge >= 0.3 is 0 Å². The molecule has 4 aliphatic rings. The molecule has 0 saturated heterocycles. The molecule has 4 unspecified atom stereocenters. The maximum Gasteiger partial charge on any atom is 0.266 e. The average molecular weight is 572 g/mol. The fourth-order valence-electron chi connectivity index (χ4n) is 9.54. The normalized spacial score (nSPS) is 42.5. The van der Waals surface area contributed by atoms with E-state index in [2.05, 4.69) is 31.4 Å². The van der Waals surface area contributed by atoms with Crippen LogP contribution in [0.3, 0.4) is 0 Å². The maximum absolute atomic E-state index is 12.3. The van der Waals surface area contributed by atoms with Crippen molar-refractivity contribution in [1.82, 2.24) is 10.6 Å². The number of carbonyl (C=O) groups excluding carboxylic acids is 2. The van der Waals surface area contributed by atoms with Crippen LogP contribution in [0.2, 0.25) is 0 Å². The van der Waals surface area contributed by atoms with Crippen molar-refractivity contribution in [3.05, 3.63) is 0 Å². The fraction of sp³-hybridized carbons (Fsp3) is 0.929. The van der Waals surface area contributed by atoms with Crippen molar-refractivity contribution in [2.75, 3.05) is 18.8 Å². The van der Waals surface area contributed by atoms with Gasteiger partial charge in [0.15, 0.2) is 0 Å². The summed E-state index contributed by atoms with van der Waals surface area (Å²) in [5, 5.41) is 28.9. The second-order valence-electron chi connectivity index (χ2n) is 13.5. The summed E-state index contributed by atoms with van der Waals surface area (Å²) < 4.78 is 30.6. The van der Waals surface area contributed by atoms with Crippen LogP contribution < -0.4 is 16.4 Å². The van der Waals surface area contributed by atoms with Gasteiger partial charge in [-0.05, 0) is 97.7 Å². The lowest BCUT2D eigenvalue weighted by Gasteiger charge is -2.63. The molecule has 0 aromatic heterocycles. The van der Waals surface area contributed by atoms with E-state index < -0.39 is 28.1 Å². The molecule has 0 radical (unpaired) electrons. The summed E-state index contributed by atoms with van der Waals surface area (Å²) in [5.74, 6) is 0.397. The van der Waals surface area contributed by atoms with Gasteiger partial charge in [-0.3, -0.25) is 14.1 Å². The van der Waals surface area contributed by atoms with Gasteiger partial charge in [0.2, 0.25) is 11.8 Å². The zero-order chi connectivity index (χ0) is 28.8. The van der Waals surface area contributed by atoms with Crippen LogP contribution in [0, 0.1) is 46.3 Å². The Kier molecular flexibility index (Phi) is 9.08. The number of rotatable bonds is 9. The Morgan fingerprint density at radius 3 is 2.44 bits per heavy atom. The molecule has 4 saturated carbocycles. The van der Waals surface area contributed by atoms with Gasteiger partial charge in [-0.25, -0.2) is 0 Å². The Labute approximate surface area is 233 Å². The lowest BCUT2D eigenvalue weighted by atomic mass is 9.43. The maximum atomic E-state index is 12.3. The fourth-order valence-corrected chi connectivity index (χ4v) is 9.90. The first-order valence-electron chi connectivity index (χ1n) is 14.8. The molecule has 11 heteroatoms. The summed E-state index contributed by atoms with van der Waals surface area (Å²) in [7, 11) is -4.11. The predicted octanol–water partition coefficient (Wildman–Crippen LogP) is 1.45. The van der Waals surface area contributed by atoms with Crippen molar-refractivity contribution in [2.45, 2.75) is 96.8 Å². The van der Waals surface area contributed by atoms with E-state index in [9.17, 15) is 28.2 Å². The van der Waals surface area contributed by atoms with Gasteiger partial charge < -0.3 is 26.6 Å². The molecule has 2 amide bonds. The lowest BCUT2D eigenvalue weighted by molar-refractivity contribution is -0.202. The Balaban J connectivity index is 1.42. The summed E-state index contributed by atoms with van der Waals surface area (Å²) in [5.41, 5.74) is 5.18. The summed E-state index contributed by atoms with van der Waals surface area (Å²) in [6, 6.07) is 0.0867. The Hall–Kier alpha value is -1.27. The SMILES string of the molecule is C[C@H](CCC(=O)NCCS(=O)(=O)O)[C@H]1CCC2C3C(O)C[C@@H]4C[C@@H](NC(=O)CN)CC[C@]4(C)C3C[C@H](O)[C@@]21C. The van der Waals surface area contributed by atoms with Gasteiger partial charge in [0.1, 0.15) is 0 Å². The molecule has 7 N–H and O–H groups in total. The minimum atomic E-state index is -4.11. The highest BCUT2D eigenvalue weighted by Gasteiger charge is 2.65. The first-order chi connectivity index (χ1) is 18.2. The molecular weight excluding hydrogens is 522 g/mol. The highest BCUT2D eigenvalue weighted by molar-refractivity contribution is 7.85. The van der Waals surface area contributed by atoms with E-state index in [-0.39, 0.29) is 83.7 Å². The molecule has 0 bridgehead atoms. The molecule has 0 heterocycles. The van der Waals surface area contributed by atoms with Gasteiger partial charge in [0.05, 0.1) is 24.5 Å². The molecule has 4 aliphatic carbocycles. The van der Waals surface area contributed by atoms with Crippen molar-refractivity contribution in [2.24, 2.45) is 52.1 Å². The van der Waals surface area contributed by atoms with Gasteiger partial charge in [-0.2, -0.15) is 8.42 Å². The third-order valence-corrected chi connectivity index (χ3v) is 12.3. The topological polar surface area (TPSA) is 179 Å².